The molecule has 2 rings (SSSR count). The predicted octanol–water partition coefficient (Wildman–Crippen LogP) is 3.54. The number of carbonyl (C=O) groups is 1. The second-order valence-electron chi connectivity index (χ2n) is 5.02. The van der Waals surface area contributed by atoms with Crippen molar-refractivity contribution in [3.05, 3.63) is 38.9 Å². The lowest BCUT2D eigenvalue weighted by Gasteiger charge is -2.24. The van der Waals surface area contributed by atoms with Gasteiger partial charge in [-0.1, -0.05) is 30.5 Å². The molecule has 6 heteroatoms. The van der Waals surface area contributed by atoms with Gasteiger partial charge in [0, 0.05) is 25.6 Å². The van der Waals surface area contributed by atoms with Gasteiger partial charge in [-0.15, -0.1) is 0 Å². The van der Waals surface area contributed by atoms with Gasteiger partial charge in [0.1, 0.15) is 5.02 Å². The van der Waals surface area contributed by atoms with E-state index in [9.17, 15) is 14.9 Å². The third-order valence-electron chi connectivity index (χ3n) is 3.50. The Balaban J connectivity index is 2.13. The highest BCUT2D eigenvalue weighted by molar-refractivity contribution is 6.32. The van der Waals surface area contributed by atoms with Crippen LogP contribution < -0.4 is 0 Å². The molecule has 1 aromatic rings. The molecule has 0 saturated carbocycles. The zero-order valence-corrected chi connectivity index (χ0v) is 11.9. The molecule has 1 aromatic carbocycles. The molecule has 0 aromatic heterocycles. The molecule has 1 fully saturated rings. The highest BCUT2D eigenvalue weighted by Gasteiger charge is 2.18. The van der Waals surface area contributed by atoms with Crippen molar-refractivity contribution in [2.24, 2.45) is 0 Å². The molecule has 108 valence electrons. The molecule has 0 bridgehead atoms. The summed E-state index contributed by atoms with van der Waals surface area (Å²) in [6.07, 6.45) is 4.71. The number of nitrogens with zero attached hydrogens (tertiary/aromatic N) is 2. The molecule has 1 amide bonds. The Kier molecular flexibility index (Phi) is 4.95. The van der Waals surface area contributed by atoms with Gasteiger partial charge in [0.2, 0.25) is 5.91 Å². The van der Waals surface area contributed by atoms with Crippen LogP contribution in [0.1, 0.15) is 37.7 Å². The van der Waals surface area contributed by atoms with E-state index in [1.54, 1.807) is 11.0 Å². The minimum absolute atomic E-state index is 0.108. The number of nitro benzene ring substituents is 1. The Morgan fingerprint density at radius 1 is 1.25 bits per heavy atom. The molecule has 0 N–H and O–H groups in total. The van der Waals surface area contributed by atoms with Crippen LogP contribution in [0, 0.1) is 10.1 Å². The van der Waals surface area contributed by atoms with Gasteiger partial charge in [-0.2, -0.15) is 0 Å². The number of amides is 1. The molecule has 0 aliphatic carbocycles. The van der Waals surface area contributed by atoms with Crippen LogP contribution in [-0.2, 0) is 11.3 Å². The molecule has 1 saturated heterocycles. The average molecular weight is 297 g/mol. The second kappa shape index (κ2) is 6.70. The molecule has 0 radical (unpaired) electrons. The lowest BCUT2D eigenvalue weighted by atomic mass is 10.1. The van der Waals surface area contributed by atoms with Crippen LogP contribution in [0.15, 0.2) is 18.2 Å². The van der Waals surface area contributed by atoms with Crippen LogP contribution in [-0.4, -0.2) is 22.3 Å². The number of benzene rings is 1. The van der Waals surface area contributed by atoms with E-state index < -0.39 is 4.92 Å². The summed E-state index contributed by atoms with van der Waals surface area (Å²) in [4.78, 5) is 24.2. The van der Waals surface area contributed by atoms with Gasteiger partial charge in [0.05, 0.1) is 4.92 Å². The first-order valence-corrected chi connectivity index (χ1v) is 7.16. The van der Waals surface area contributed by atoms with Crippen molar-refractivity contribution in [3.8, 4) is 0 Å². The Labute approximate surface area is 122 Å². The van der Waals surface area contributed by atoms with Gasteiger partial charge in [0.25, 0.3) is 5.69 Å². The number of halogens is 1. The molecular weight excluding hydrogens is 280 g/mol. The van der Waals surface area contributed by atoms with Gasteiger partial charge >= 0.3 is 0 Å². The van der Waals surface area contributed by atoms with Crippen LogP contribution in [0.5, 0.6) is 0 Å². The Bertz CT molecular complexity index is 519. The minimum Gasteiger partial charge on any atom is -0.338 e. The van der Waals surface area contributed by atoms with Crippen LogP contribution in [0.4, 0.5) is 5.69 Å². The molecular formula is C14H17ClN2O3. The molecule has 1 aliphatic heterocycles. The normalized spacial score (nSPS) is 16.6. The van der Waals surface area contributed by atoms with Crippen molar-refractivity contribution in [3.63, 3.8) is 0 Å². The Morgan fingerprint density at radius 3 is 2.75 bits per heavy atom. The maximum absolute atomic E-state index is 12.0. The number of likely N-dealkylation sites (tertiary alicyclic amines) is 1. The monoisotopic (exact) mass is 296 g/mol. The van der Waals surface area contributed by atoms with Gasteiger partial charge in [-0.05, 0) is 24.5 Å². The first-order chi connectivity index (χ1) is 9.58. The van der Waals surface area contributed by atoms with Crippen molar-refractivity contribution in [2.75, 3.05) is 6.54 Å². The van der Waals surface area contributed by atoms with E-state index in [0.29, 0.717) is 13.0 Å². The summed E-state index contributed by atoms with van der Waals surface area (Å²) >= 11 is 5.79. The summed E-state index contributed by atoms with van der Waals surface area (Å²) < 4.78 is 0. The first kappa shape index (κ1) is 14.8. The topological polar surface area (TPSA) is 63.5 Å². The summed E-state index contributed by atoms with van der Waals surface area (Å²) in [6, 6.07) is 4.71. The SMILES string of the molecule is O=C1CCCCCCN1Cc1ccc(Cl)c([N+](=O)[O-])c1. The third-order valence-corrected chi connectivity index (χ3v) is 3.82. The van der Waals surface area contributed by atoms with Crippen LogP contribution in [0.3, 0.4) is 0 Å². The van der Waals surface area contributed by atoms with Gasteiger partial charge in [0.15, 0.2) is 0 Å². The Hall–Kier alpha value is -1.62. The maximum Gasteiger partial charge on any atom is 0.288 e. The molecule has 0 spiro atoms. The quantitative estimate of drug-likeness (QED) is 0.633. The number of hydrogen-bond acceptors (Lipinski definition) is 3. The largest absolute Gasteiger partial charge is 0.338 e. The Morgan fingerprint density at radius 2 is 2.00 bits per heavy atom. The van der Waals surface area contributed by atoms with Crippen LogP contribution in [0.25, 0.3) is 0 Å². The molecule has 5 nitrogen and oxygen atoms in total. The number of nitro groups is 1. The third kappa shape index (κ3) is 3.70. The number of rotatable bonds is 3. The number of carbonyl (C=O) groups excluding carboxylic acids is 1. The van der Waals surface area contributed by atoms with Gasteiger partial charge in [-0.3, -0.25) is 14.9 Å². The standard InChI is InChI=1S/C14H17ClN2O3/c15-12-7-6-11(9-13(12)17(19)20)10-16-8-4-2-1-3-5-14(16)18/h6-7,9H,1-5,8,10H2. The van der Waals surface area contributed by atoms with Crippen LogP contribution >= 0.6 is 11.6 Å². The zero-order chi connectivity index (χ0) is 14.5. The summed E-state index contributed by atoms with van der Waals surface area (Å²) in [5.74, 6) is 0.127. The van der Waals surface area contributed by atoms with Crippen molar-refractivity contribution in [2.45, 2.75) is 38.6 Å². The minimum atomic E-state index is -0.499. The van der Waals surface area contributed by atoms with Crippen molar-refractivity contribution in [1.29, 1.82) is 0 Å². The lowest BCUT2D eigenvalue weighted by molar-refractivity contribution is -0.384. The van der Waals surface area contributed by atoms with E-state index in [1.807, 2.05) is 0 Å². The summed E-state index contributed by atoms with van der Waals surface area (Å²) in [7, 11) is 0. The average Bonchev–Trinajstić information content (AvgIpc) is 2.40. The lowest BCUT2D eigenvalue weighted by Crippen LogP contribution is -2.32. The smallest absolute Gasteiger partial charge is 0.288 e. The molecule has 0 unspecified atom stereocenters. The van der Waals surface area contributed by atoms with E-state index in [2.05, 4.69) is 0 Å². The van der Waals surface area contributed by atoms with E-state index in [1.165, 1.54) is 12.1 Å². The fraction of sp³-hybridized carbons (Fsp3) is 0.500. The summed E-state index contributed by atoms with van der Waals surface area (Å²) in [5.41, 5.74) is 0.638. The van der Waals surface area contributed by atoms with Crippen LogP contribution in [0.2, 0.25) is 5.02 Å². The summed E-state index contributed by atoms with van der Waals surface area (Å²) in [5, 5.41) is 11.0. The molecule has 20 heavy (non-hydrogen) atoms. The van der Waals surface area contributed by atoms with E-state index in [-0.39, 0.29) is 16.6 Å². The maximum atomic E-state index is 12.0. The summed E-state index contributed by atoms with van der Waals surface area (Å²) in [6.45, 7) is 1.13. The van der Waals surface area contributed by atoms with Gasteiger partial charge < -0.3 is 4.90 Å². The predicted molar refractivity (Wildman–Crippen MR) is 76.6 cm³/mol. The first-order valence-electron chi connectivity index (χ1n) is 6.78. The molecule has 0 atom stereocenters. The van der Waals surface area contributed by atoms with Crippen molar-refractivity contribution in [1.82, 2.24) is 4.90 Å². The highest BCUT2D eigenvalue weighted by Crippen LogP contribution is 2.26. The van der Waals surface area contributed by atoms with E-state index in [4.69, 9.17) is 11.6 Å². The zero-order valence-electron chi connectivity index (χ0n) is 11.2. The van der Waals surface area contributed by atoms with E-state index >= 15 is 0 Å². The fourth-order valence-corrected chi connectivity index (χ4v) is 2.59. The molecule has 1 heterocycles. The molecule has 1 aliphatic rings. The fourth-order valence-electron chi connectivity index (χ4n) is 2.40. The van der Waals surface area contributed by atoms with Gasteiger partial charge in [-0.25, -0.2) is 0 Å². The van der Waals surface area contributed by atoms with Crippen molar-refractivity contribution < 1.29 is 9.72 Å². The second-order valence-corrected chi connectivity index (χ2v) is 5.43. The highest BCUT2D eigenvalue weighted by atomic mass is 35.5. The van der Waals surface area contributed by atoms with E-state index in [0.717, 1.165) is 37.8 Å². The number of hydrogen-bond donors (Lipinski definition) is 0. The van der Waals surface area contributed by atoms with Crippen molar-refractivity contribution >= 4 is 23.2 Å².